The number of benzene rings is 1. The van der Waals surface area contributed by atoms with E-state index >= 15 is 0 Å². The van der Waals surface area contributed by atoms with Gasteiger partial charge in [-0.15, -0.1) is 0 Å². The molecule has 1 fully saturated rings. The number of anilines is 2. The van der Waals surface area contributed by atoms with Gasteiger partial charge in [-0.3, -0.25) is 4.98 Å². The molecule has 0 aliphatic carbocycles. The Kier molecular flexibility index (Phi) is 5.39. The molecule has 1 aromatic carbocycles. The molecule has 0 saturated carbocycles. The van der Waals surface area contributed by atoms with E-state index in [1.54, 1.807) is 6.20 Å². The Labute approximate surface area is 126 Å². The summed E-state index contributed by atoms with van der Waals surface area (Å²) in [4.78, 5) is 4.39. The van der Waals surface area contributed by atoms with E-state index in [0.717, 1.165) is 42.6 Å². The number of hydrogen-bond donors (Lipinski definition) is 2. The molecule has 2 heterocycles. The van der Waals surface area contributed by atoms with Crippen LogP contribution in [0.5, 0.6) is 0 Å². The number of nitrogens with two attached hydrogens (primary N) is 1. The average Bonchev–Trinajstić information content (AvgIpc) is 2.53. The maximum absolute atomic E-state index is 6.10. The van der Waals surface area contributed by atoms with Crippen LogP contribution in [0.3, 0.4) is 0 Å². The van der Waals surface area contributed by atoms with Gasteiger partial charge in [-0.2, -0.15) is 0 Å². The van der Waals surface area contributed by atoms with Crippen molar-refractivity contribution in [3.05, 3.63) is 30.0 Å². The van der Waals surface area contributed by atoms with Crippen molar-refractivity contribution in [2.45, 2.75) is 39.7 Å². The Morgan fingerprint density at radius 2 is 1.95 bits per heavy atom. The van der Waals surface area contributed by atoms with E-state index in [4.69, 9.17) is 10.5 Å². The van der Waals surface area contributed by atoms with Crippen molar-refractivity contribution in [3.63, 3.8) is 0 Å². The van der Waals surface area contributed by atoms with Gasteiger partial charge in [0.1, 0.15) is 0 Å². The van der Waals surface area contributed by atoms with Gasteiger partial charge in [0.15, 0.2) is 0 Å². The van der Waals surface area contributed by atoms with Crippen LogP contribution in [0.1, 0.15) is 32.3 Å². The number of hydrogen-bond acceptors (Lipinski definition) is 4. The lowest BCUT2D eigenvalue weighted by Gasteiger charge is -2.25. The summed E-state index contributed by atoms with van der Waals surface area (Å²) in [6, 6.07) is 6.69. The first kappa shape index (κ1) is 15.6. The van der Waals surface area contributed by atoms with Crippen molar-refractivity contribution in [2.24, 2.45) is 0 Å². The molecule has 3 rings (SSSR count). The van der Waals surface area contributed by atoms with Crippen molar-refractivity contribution in [1.29, 1.82) is 0 Å². The number of nitrogen functional groups attached to an aromatic ring is 1. The molecular weight excluding hydrogens is 262 g/mol. The average molecular weight is 287 g/mol. The molecule has 4 heteroatoms. The zero-order chi connectivity index (χ0) is 15.2. The molecule has 2 aromatic rings. The van der Waals surface area contributed by atoms with E-state index < -0.39 is 0 Å². The number of aryl methyl sites for hydroxylation is 1. The number of ether oxygens (including phenoxy) is 1. The first-order valence-corrected chi connectivity index (χ1v) is 7.73. The molecule has 114 valence electrons. The molecule has 0 amide bonds. The zero-order valence-corrected chi connectivity index (χ0v) is 13.1. The molecule has 0 spiro atoms. The fourth-order valence-corrected chi connectivity index (χ4v) is 2.53. The van der Waals surface area contributed by atoms with Crippen molar-refractivity contribution in [1.82, 2.24) is 4.98 Å². The Morgan fingerprint density at radius 3 is 2.67 bits per heavy atom. The summed E-state index contributed by atoms with van der Waals surface area (Å²) in [7, 11) is 0. The van der Waals surface area contributed by atoms with Gasteiger partial charge in [-0.05, 0) is 31.9 Å². The molecular formula is C17H25N3O. The summed E-state index contributed by atoms with van der Waals surface area (Å²) >= 11 is 0. The molecule has 0 atom stereocenters. The van der Waals surface area contributed by atoms with Gasteiger partial charge in [0, 0.05) is 24.6 Å². The summed E-state index contributed by atoms with van der Waals surface area (Å²) < 4.78 is 5.39. The fourth-order valence-electron chi connectivity index (χ4n) is 2.53. The standard InChI is InChI=1S/C15H19N3O.C2H6/c1-10-2-3-14-12(8-10)15(13(16)9-17-14)18-11-4-6-19-7-5-11;1-2/h2-3,8-9,11H,4-7,16H2,1H3,(H,17,18);1-2H3. The molecule has 21 heavy (non-hydrogen) atoms. The SMILES string of the molecule is CC.Cc1ccc2ncc(N)c(NC3CCOCC3)c2c1. The highest BCUT2D eigenvalue weighted by Gasteiger charge is 2.16. The summed E-state index contributed by atoms with van der Waals surface area (Å²) in [6.45, 7) is 7.72. The van der Waals surface area contributed by atoms with E-state index in [9.17, 15) is 0 Å². The van der Waals surface area contributed by atoms with Crippen LogP contribution in [-0.4, -0.2) is 24.2 Å². The summed E-state index contributed by atoms with van der Waals surface area (Å²) in [5, 5.41) is 4.68. The minimum atomic E-state index is 0.433. The number of rotatable bonds is 2. The number of nitrogens with one attached hydrogen (secondary N) is 1. The quantitative estimate of drug-likeness (QED) is 0.883. The first-order chi connectivity index (χ1) is 10.2. The number of aromatic nitrogens is 1. The second kappa shape index (κ2) is 7.27. The van der Waals surface area contributed by atoms with Gasteiger partial charge >= 0.3 is 0 Å². The van der Waals surface area contributed by atoms with Crippen molar-refractivity contribution >= 4 is 22.3 Å². The van der Waals surface area contributed by atoms with E-state index in [0.29, 0.717) is 11.7 Å². The summed E-state index contributed by atoms with van der Waals surface area (Å²) in [6.07, 6.45) is 3.78. The van der Waals surface area contributed by atoms with Gasteiger partial charge in [-0.25, -0.2) is 0 Å². The van der Waals surface area contributed by atoms with Gasteiger partial charge in [0.05, 0.1) is 23.1 Å². The van der Waals surface area contributed by atoms with Crippen LogP contribution in [-0.2, 0) is 4.74 Å². The lowest BCUT2D eigenvalue weighted by molar-refractivity contribution is 0.0905. The Hall–Kier alpha value is -1.81. The highest BCUT2D eigenvalue weighted by molar-refractivity contribution is 5.97. The van der Waals surface area contributed by atoms with Crippen LogP contribution in [0.15, 0.2) is 24.4 Å². The Bertz CT molecular complexity index is 587. The molecule has 0 unspecified atom stereocenters. The predicted molar refractivity (Wildman–Crippen MR) is 89.7 cm³/mol. The van der Waals surface area contributed by atoms with Crippen LogP contribution >= 0.6 is 0 Å². The highest BCUT2D eigenvalue weighted by Crippen LogP contribution is 2.30. The van der Waals surface area contributed by atoms with E-state index in [-0.39, 0.29) is 0 Å². The number of pyridine rings is 1. The van der Waals surface area contributed by atoms with Crippen molar-refractivity contribution in [2.75, 3.05) is 24.3 Å². The van der Waals surface area contributed by atoms with Crippen LogP contribution < -0.4 is 11.1 Å². The predicted octanol–water partition coefficient (Wildman–Crippen LogP) is 3.74. The van der Waals surface area contributed by atoms with Gasteiger partial charge in [0.2, 0.25) is 0 Å². The van der Waals surface area contributed by atoms with Gasteiger partial charge < -0.3 is 15.8 Å². The maximum Gasteiger partial charge on any atom is 0.0743 e. The second-order valence-electron chi connectivity index (χ2n) is 5.14. The monoisotopic (exact) mass is 287 g/mol. The summed E-state index contributed by atoms with van der Waals surface area (Å²) in [5.74, 6) is 0. The van der Waals surface area contributed by atoms with E-state index in [2.05, 4.69) is 29.4 Å². The van der Waals surface area contributed by atoms with Crippen LogP contribution in [0, 0.1) is 6.92 Å². The minimum absolute atomic E-state index is 0.433. The molecule has 1 aromatic heterocycles. The molecule has 0 radical (unpaired) electrons. The smallest absolute Gasteiger partial charge is 0.0743 e. The topological polar surface area (TPSA) is 60.2 Å². The lowest BCUT2D eigenvalue weighted by atomic mass is 10.1. The van der Waals surface area contributed by atoms with E-state index in [1.807, 2.05) is 19.9 Å². The second-order valence-corrected chi connectivity index (χ2v) is 5.14. The van der Waals surface area contributed by atoms with Crippen LogP contribution in [0.4, 0.5) is 11.4 Å². The number of fused-ring (bicyclic) bond motifs is 1. The largest absolute Gasteiger partial charge is 0.396 e. The van der Waals surface area contributed by atoms with Gasteiger partial charge in [-0.1, -0.05) is 25.5 Å². The summed E-state index contributed by atoms with van der Waals surface area (Å²) in [5.41, 5.74) is 10.0. The molecule has 4 nitrogen and oxygen atoms in total. The third-order valence-electron chi connectivity index (χ3n) is 3.62. The molecule has 1 saturated heterocycles. The Balaban J connectivity index is 0.000000774. The lowest BCUT2D eigenvalue weighted by Crippen LogP contribution is -2.28. The van der Waals surface area contributed by atoms with Crippen LogP contribution in [0.2, 0.25) is 0 Å². The molecule has 0 bridgehead atoms. The maximum atomic E-state index is 6.10. The molecule has 3 N–H and O–H groups in total. The third-order valence-corrected chi connectivity index (χ3v) is 3.62. The van der Waals surface area contributed by atoms with Crippen molar-refractivity contribution < 1.29 is 4.74 Å². The van der Waals surface area contributed by atoms with Gasteiger partial charge in [0.25, 0.3) is 0 Å². The van der Waals surface area contributed by atoms with Crippen LogP contribution in [0.25, 0.3) is 10.9 Å². The highest BCUT2D eigenvalue weighted by atomic mass is 16.5. The molecule has 1 aliphatic heterocycles. The number of nitrogens with zero attached hydrogens (tertiary/aromatic N) is 1. The third kappa shape index (κ3) is 3.64. The molecule has 1 aliphatic rings. The Morgan fingerprint density at radius 1 is 1.24 bits per heavy atom. The van der Waals surface area contributed by atoms with E-state index in [1.165, 1.54) is 5.56 Å². The normalized spacial score (nSPS) is 15.4. The minimum Gasteiger partial charge on any atom is -0.396 e. The first-order valence-electron chi connectivity index (χ1n) is 7.73. The van der Waals surface area contributed by atoms with Crippen molar-refractivity contribution in [3.8, 4) is 0 Å². The zero-order valence-electron chi connectivity index (χ0n) is 13.1. The fraction of sp³-hybridized carbons (Fsp3) is 0.471.